The van der Waals surface area contributed by atoms with Crippen molar-refractivity contribution in [1.29, 1.82) is 0 Å². The third kappa shape index (κ3) is 2.38. The minimum atomic E-state index is 0.219. The lowest BCUT2D eigenvalue weighted by molar-refractivity contribution is -0.118. The fourth-order valence-electron chi connectivity index (χ4n) is 1.79. The molecule has 2 heteroatoms. The number of benzene rings is 1. The van der Waals surface area contributed by atoms with Crippen LogP contribution >= 0.6 is 0 Å². The molecule has 82 valence electrons. The van der Waals surface area contributed by atoms with E-state index in [0.29, 0.717) is 6.42 Å². The normalized spacial score (nSPS) is 14.1. The summed E-state index contributed by atoms with van der Waals surface area (Å²) in [6.45, 7) is 6.08. The van der Waals surface area contributed by atoms with Crippen molar-refractivity contribution < 1.29 is 4.79 Å². The maximum atomic E-state index is 11.4. The van der Waals surface area contributed by atoms with Crippen LogP contribution in [0.25, 0.3) is 0 Å². The summed E-state index contributed by atoms with van der Waals surface area (Å²) in [7, 11) is 1.84. The number of carbonyl (C=O) groups excluding carboxylic acids is 1. The van der Waals surface area contributed by atoms with Gasteiger partial charge in [0.15, 0.2) is 0 Å². The molecule has 0 aromatic heterocycles. The van der Waals surface area contributed by atoms with Crippen LogP contribution < -0.4 is 4.90 Å². The number of aryl methyl sites for hydroxylation is 2. The average Bonchev–Trinajstić information content (AvgIpc) is 2.26. The summed E-state index contributed by atoms with van der Waals surface area (Å²) >= 11 is 0. The van der Waals surface area contributed by atoms with E-state index in [1.165, 1.54) is 11.1 Å². The molecule has 0 saturated heterocycles. The number of nitrogens with zero attached hydrogens (tertiary/aromatic N) is 1. The van der Waals surface area contributed by atoms with E-state index in [4.69, 9.17) is 0 Å². The van der Waals surface area contributed by atoms with Crippen molar-refractivity contribution in [3.05, 3.63) is 29.3 Å². The average molecular weight is 205 g/mol. The zero-order chi connectivity index (χ0) is 11.4. The summed E-state index contributed by atoms with van der Waals surface area (Å²) in [6.07, 6.45) is 1.53. The van der Waals surface area contributed by atoms with E-state index in [1.807, 2.05) is 33.0 Å². The Bertz CT molecular complexity index is 358. The Morgan fingerprint density at radius 1 is 1.20 bits per heavy atom. The van der Waals surface area contributed by atoms with Crippen LogP contribution in [0.4, 0.5) is 5.69 Å². The summed E-state index contributed by atoms with van der Waals surface area (Å²) in [5.41, 5.74) is 3.63. The molecule has 1 amide bonds. The van der Waals surface area contributed by atoms with Gasteiger partial charge in [0.05, 0.1) is 0 Å². The molecule has 0 bridgehead atoms. The molecule has 1 aliphatic rings. The molecule has 0 N–H and O–H groups in total. The standard InChI is InChI=1S/C11H13NO.C2H6/c1-8-3-5-10-9(7-8)4-6-11(13)12(10)2;1-2/h3,5,7H,4,6H2,1-2H3;1-2H3. The first kappa shape index (κ1) is 11.8. The van der Waals surface area contributed by atoms with Crippen LogP contribution in [0.2, 0.25) is 0 Å². The first-order chi connectivity index (χ1) is 7.18. The van der Waals surface area contributed by atoms with Crippen molar-refractivity contribution in [3.8, 4) is 0 Å². The molecule has 0 spiro atoms. The second-order valence-corrected chi connectivity index (χ2v) is 3.58. The highest BCUT2D eigenvalue weighted by atomic mass is 16.2. The molecule has 0 fully saturated rings. The van der Waals surface area contributed by atoms with Crippen LogP contribution in [0, 0.1) is 6.92 Å². The largest absolute Gasteiger partial charge is 0.315 e. The van der Waals surface area contributed by atoms with Crippen LogP contribution in [0.5, 0.6) is 0 Å². The molecular weight excluding hydrogens is 186 g/mol. The number of hydrogen-bond acceptors (Lipinski definition) is 1. The van der Waals surface area contributed by atoms with Gasteiger partial charge in [0.2, 0.25) is 5.91 Å². The molecule has 0 aliphatic carbocycles. The summed E-state index contributed by atoms with van der Waals surface area (Å²) in [5.74, 6) is 0.219. The molecule has 1 aliphatic heterocycles. The minimum absolute atomic E-state index is 0.219. The van der Waals surface area contributed by atoms with Gasteiger partial charge in [0.1, 0.15) is 0 Å². The van der Waals surface area contributed by atoms with E-state index >= 15 is 0 Å². The Labute approximate surface area is 91.9 Å². The van der Waals surface area contributed by atoms with Crippen molar-refractivity contribution in [3.63, 3.8) is 0 Å². The molecule has 1 aromatic rings. The van der Waals surface area contributed by atoms with E-state index in [9.17, 15) is 4.79 Å². The highest BCUT2D eigenvalue weighted by Gasteiger charge is 2.19. The first-order valence-electron chi connectivity index (χ1n) is 5.54. The van der Waals surface area contributed by atoms with E-state index in [1.54, 1.807) is 4.90 Å². The lowest BCUT2D eigenvalue weighted by Crippen LogP contribution is -2.30. The number of hydrogen-bond donors (Lipinski definition) is 0. The van der Waals surface area contributed by atoms with Gasteiger partial charge in [-0.2, -0.15) is 0 Å². The topological polar surface area (TPSA) is 20.3 Å². The van der Waals surface area contributed by atoms with Crippen molar-refractivity contribution in [2.45, 2.75) is 33.6 Å². The maximum Gasteiger partial charge on any atom is 0.227 e. The molecule has 15 heavy (non-hydrogen) atoms. The smallest absolute Gasteiger partial charge is 0.227 e. The number of carbonyl (C=O) groups is 1. The van der Waals surface area contributed by atoms with Crippen molar-refractivity contribution >= 4 is 11.6 Å². The molecule has 0 atom stereocenters. The summed E-state index contributed by atoms with van der Waals surface area (Å²) in [4.78, 5) is 13.1. The van der Waals surface area contributed by atoms with Crippen LogP contribution in [-0.4, -0.2) is 13.0 Å². The first-order valence-corrected chi connectivity index (χ1v) is 5.54. The molecule has 0 radical (unpaired) electrons. The van der Waals surface area contributed by atoms with E-state index in [0.717, 1.165) is 12.1 Å². The van der Waals surface area contributed by atoms with Gasteiger partial charge in [-0.25, -0.2) is 0 Å². The second-order valence-electron chi connectivity index (χ2n) is 3.58. The molecule has 1 aromatic carbocycles. The Morgan fingerprint density at radius 3 is 2.53 bits per heavy atom. The fraction of sp³-hybridized carbons (Fsp3) is 0.462. The highest BCUT2D eigenvalue weighted by molar-refractivity contribution is 5.95. The number of fused-ring (bicyclic) bond motifs is 1. The molecule has 2 nitrogen and oxygen atoms in total. The van der Waals surface area contributed by atoms with Crippen molar-refractivity contribution in [2.24, 2.45) is 0 Å². The summed E-state index contributed by atoms with van der Waals surface area (Å²) < 4.78 is 0. The number of amides is 1. The van der Waals surface area contributed by atoms with Gasteiger partial charge in [-0.3, -0.25) is 4.79 Å². The predicted octanol–water partition coefficient (Wildman–Crippen LogP) is 2.93. The molecular formula is C13H19NO. The van der Waals surface area contributed by atoms with Crippen molar-refractivity contribution in [2.75, 3.05) is 11.9 Å². The van der Waals surface area contributed by atoms with Crippen LogP contribution in [0.15, 0.2) is 18.2 Å². The second kappa shape index (κ2) is 4.96. The number of anilines is 1. The lowest BCUT2D eigenvalue weighted by Gasteiger charge is -2.25. The number of rotatable bonds is 0. The van der Waals surface area contributed by atoms with Gasteiger partial charge in [-0.1, -0.05) is 31.5 Å². The Kier molecular flexibility index (Phi) is 3.89. The lowest BCUT2D eigenvalue weighted by atomic mass is 10.00. The molecule has 0 unspecified atom stereocenters. The predicted molar refractivity (Wildman–Crippen MR) is 64.3 cm³/mol. The third-order valence-corrected chi connectivity index (χ3v) is 2.58. The van der Waals surface area contributed by atoms with Gasteiger partial charge in [-0.15, -0.1) is 0 Å². The Hall–Kier alpha value is -1.31. The summed E-state index contributed by atoms with van der Waals surface area (Å²) in [6, 6.07) is 6.24. The van der Waals surface area contributed by atoms with Gasteiger partial charge in [-0.05, 0) is 25.0 Å². The van der Waals surface area contributed by atoms with E-state index < -0.39 is 0 Å². The molecule has 2 rings (SSSR count). The highest BCUT2D eigenvalue weighted by Crippen LogP contribution is 2.26. The Morgan fingerprint density at radius 2 is 1.87 bits per heavy atom. The van der Waals surface area contributed by atoms with E-state index in [-0.39, 0.29) is 5.91 Å². The van der Waals surface area contributed by atoms with Crippen LogP contribution in [0.3, 0.4) is 0 Å². The van der Waals surface area contributed by atoms with Crippen LogP contribution in [0.1, 0.15) is 31.4 Å². The van der Waals surface area contributed by atoms with Gasteiger partial charge in [0, 0.05) is 19.2 Å². The maximum absolute atomic E-state index is 11.4. The van der Waals surface area contributed by atoms with Crippen molar-refractivity contribution in [1.82, 2.24) is 0 Å². The summed E-state index contributed by atoms with van der Waals surface area (Å²) in [5, 5.41) is 0. The van der Waals surface area contributed by atoms with Crippen LogP contribution in [-0.2, 0) is 11.2 Å². The SMILES string of the molecule is CC.Cc1ccc2c(c1)CCC(=O)N2C. The van der Waals surface area contributed by atoms with Gasteiger partial charge >= 0.3 is 0 Å². The fourth-order valence-corrected chi connectivity index (χ4v) is 1.79. The van der Waals surface area contributed by atoms with E-state index in [2.05, 4.69) is 13.0 Å². The third-order valence-electron chi connectivity index (χ3n) is 2.58. The quantitative estimate of drug-likeness (QED) is 0.637. The zero-order valence-corrected chi connectivity index (χ0v) is 10.0. The van der Waals surface area contributed by atoms with Gasteiger partial charge < -0.3 is 4.90 Å². The van der Waals surface area contributed by atoms with Gasteiger partial charge in [0.25, 0.3) is 0 Å². The zero-order valence-electron chi connectivity index (χ0n) is 10.0. The minimum Gasteiger partial charge on any atom is -0.315 e. The molecule has 0 saturated carbocycles. The monoisotopic (exact) mass is 205 g/mol. The Balaban J connectivity index is 0.000000531. The molecule has 1 heterocycles.